The Bertz CT molecular complexity index is 115. The number of halogens is 2. The predicted octanol–water partition coefficient (Wildman–Crippen LogP) is 0.604. The fraction of sp³-hybridized carbons (Fsp3) is 1.00. The molecule has 1 unspecified atom stereocenters. The second kappa shape index (κ2) is 3.22. The lowest BCUT2D eigenvalue weighted by molar-refractivity contribution is 0.00934. The molecule has 0 saturated heterocycles. The molecule has 0 aliphatic rings. The van der Waals surface area contributed by atoms with Crippen molar-refractivity contribution in [2.45, 2.75) is 5.25 Å². The van der Waals surface area contributed by atoms with Gasteiger partial charge in [-0.3, -0.25) is 4.21 Å². The Morgan fingerprint density at radius 3 is 2.22 bits per heavy atom. The second-order valence-electron chi connectivity index (χ2n) is 1.52. The van der Waals surface area contributed by atoms with E-state index in [-0.39, 0.29) is 0 Å². The summed E-state index contributed by atoms with van der Waals surface area (Å²) < 4.78 is 38.5. The first-order chi connectivity index (χ1) is 4.00. The van der Waals surface area contributed by atoms with E-state index in [1.54, 1.807) is 0 Å². The fourth-order valence-electron chi connectivity index (χ4n) is 0.251. The van der Waals surface area contributed by atoms with Crippen molar-refractivity contribution in [1.29, 1.82) is 0 Å². The number of methoxy groups -OCH3 is 1. The van der Waals surface area contributed by atoms with Gasteiger partial charge in [0.05, 0.1) is 10.8 Å². The Balaban J connectivity index is 3.85. The van der Waals surface area contributed by atoms with E-state index in [0.29, 0.717) is 0 Å². The summed E-state index contributed by atoms with van der Waals surface area (Å²) in [4.78, 5) is 0. The summed E-state index contributed by atoms with van der Waals surface area (Å²) >= 11 is 0. The van der Waals surface area contributed by atoms with Crippen LogP contribution in [0.2, 0.25) is 0 Å². The summed E-state index contributed by atoms with van der Waals surface area (Å²) in [5, 5.41) is -3.20. The molecule has 0 saturated carbocycles. The first-order valence-corrected chi connectivity index (χ1v) is 3.77. The molecule has 0 aliphatic heterocycles. The van der Waals surface area contributed by atoms with Crippen molar-refractivity contribution in [2.75, 3.05) is 20.0 Å². The highest BCUT2D eigenvalue weighted by atomic mass is 32.2. The molecule has 0 spiro atoms. The Morgan fingerprint density at radius 1 is 1.67 bits per heavy atom. The molecule has 0 N–H and O–H groups in total. The van der Waals surface area contributed by atoms with Crippen LogP contribution in [0.3, 0.4) is 0 Å². The molecule has 56 valence electrons. The molecule has 0 aromatic heterocycles. The minimum Gasteiger partial charge on any atom is -0.377 e. The van der Waals surface area contributed by atoms with Crippen molar-refractivity contribution in [3.8, 4) is 0 Å². The zero-order valence-corrected chi connectivity index (χ0v) is 6.00. The van der Waals surface area contributed by atoms with Gasteiger partial charge < -0.3 is 4.74 Å². The smallest absolute Gasteiger partial charge is 0.343 e. The molecule has 0 aliphatic carbocycles. The lowest BCUT2D eigenvalue weighted by Gasteiger charge is -2.10. The van der Waals surface area contributed by atoms with E-state index >= 15 is 0 Å². The fourth-order valence-corrected chi connectivity index (χ4v) is 0.535. The Kier molecular flexibility index (Phi) is 3.21. The van der Waals surface area contributed by atoms with Crippen molar-refractivity contribution in [3.05, 3.63) is 0 Å². The number of hydrogen-bond acceptors (Lipinski definition) is 2. The van der Waals surface area contributed by atoms with Crippen LogP contribution < -0.4 is 0 Å². The van der Waals surface area contributed by atoms with Gasteiger partial charge in [0.25, 0.3) is 0 Å². The Labute approximate surface area is 54.7 Å². The van der Waals surface area contributed by atoms with Crippen LogP contribution in [0.25, 0.3) is 0 Å². The highest BCUT2D eigenvalue weighted by molar-refractivity contribution is 7.85. The minimum atomic E-state index is -3.20. The number of hydrogen-bond donors (Lipinski definition) is 0. The normalized spacial score (nSPS) is 15.6. The maximum atomic E-state index is 12.1. The van der Waals surface area contributed by atoms with Crippen molar-refractivity contribution < 1.29 is 17.7 Å². The SMILES string of the molecule is COCC(F)(F)S(C)=O. The molecule has 0 fully saturated rings. The predicted molar refractivity (Wildman–Crippen MR) is 30.9 cm³/mol. The van der Waals surface area contributed by atoms with Gasteiger partial charge in [-0.1, -0.05) is 0 Å². The van der Waals surface area contributed by atoms with E-state index < -0.39 is 22.7 Å². The van der Waals surface area contributed by atoms with E-state index in [2.05, 4.69) is 4.74 Å². The van der Waals surface area contributed by atoms with Crippen LogP contribution in [0, 0.1) is 0 Å². The van der Waals surface area contributed by atoms with Crippen LogP contribution >= 0.6 is 0 Å². The largest absolute Gasteiger partial charge is 0.377 e. The van der Waals surface area contributed by atoms with Crippen LogP contribution in [0.1, 0.15) is 0 Å². The van der Waals surface area contributed by atoms with E-state index in [9.17, 15) is 13.0 Å². The van der Waals surface area contributed by atoms with Gasteiger partial charge in [0.15, 0.2) is 0 Å². The Morgan fingerprint density at radius 2 is 2.11 bits per heavy atom. The second-order valence-corrected chi connectivity index (χ2v) is 3.03. The summed E-state index contributed by atoms with van der Waals surface area (Å²) in [6.45, 7) is -0.782. The molecular weight excluding hydrogens is 150 g/mol. The van der Waals surface area contributed by atoms with Gasteiger partial charge in [0, 0.05) is 13.4 Å². The van der Waals surface area contributed by atoms with E-state index in [4.69, 9.17) is 0 Å². The third-order valence-corrected chi connectivity index (χ3v) is 1.69. The van der Waals surface area contributed by atoms with E-state index in [1.807, 2.05) is 0 Å². The van der Waals surface area contributed by atoms with Gasteiger partial charge in [0.1, 0.15) is 6.61 Å². The van der Waals surface area contributed by atoms with E-state index in [1.165, 1.54) is 0 Å². The molecule has 1 atom stereocenters. The Hall–Kier alpha value is -0.0300. The summed E-state index contributed by atoms with van der Waals surface area (Å²) in [6, 6.07) is 0. The van der Waals surface area contributed by atoms with E-state index in [0.717, 1.165) is 13.4 Å². The van der Waals surface area contributed by atoms with Crippen molar-refractivity contribution in [3.63, 3.8) is 0 Å². The minimum absolute atomic E-state index is 0.782. The average molecular weight is 158 g/mol. The third-order valence-electron chi connectivity index (χ3n) is 0.733. The molecule has 2 nitrogen and oxygen atoms in total. The van der Waals surface area contributed by atoms with Crippen molar-refractivity contribution in [2.24, 2.45) is 0 Å². The lowest BCUT2D eigenvalue weighted by Crippen LogP contribution is -2.27. The van der Waals surface area contributed by atoms with Crippen LogP contribution in [-0.2, 0) is 15.5 Å². The van der Waals surface area contributed by atoms with Gasteiger partial charge in [-0.05, 0) is 0 Å². The molecule has 0 amide bonds. The van der Waals surface area contributed by atoms with Gasteiger partial charge in [0.2, 0.25) is 0 Å². The molecule has 9 heavy (non-hydrogen) atoms. The first kappa shape index (κ1) is 8.97. The number of alkyl halides is 2. The third kappa shape index (κ3) is 2.86. The molecule has 0 bridgehead atoms. The van der Waals surface area contributed by atoms with Gasteiger partial charge in [-0.15, -0.1) is 0 Å². The quantitative estimate of drug-likeness (QED) is 0.601. The molecule has 5 heteroatoms. The number of rotatable bonds is 3. The van der Waals surface area contributed by atoms with Crippen molar-refractivity contribution >= 4 is 10.8 Å². The molecular formula is C4H8F2O2S. The lowest BCUT2D eigenvalue weighted by atomic mass is 10.8. The molecule has 0 heterocycles. The molecule has 0 aromatic carbocycles. The van der Waals surface area contributed by atoms with Crippen LogP contribution in [0.15, 0.2) is 0 Å². The van der Waals surface area contributed by atoms with Gasteiger partial charge in [-0.2, -0.15) is 8.78 Å². The summed E-state index contributed by atoms with van der Waals surface area (Å²) in [5.74, 6) is 0. The van der Waals surface area contributed by atoms with Gasteiger partial charge >= 0.3 is 5.25 Å². The van der Waals surface area contributed by atoms with Crippen LogP contribution in [0.4, 0.5) is 8.78 Å². The monoisotopic (exact) mass is 158 g/mol. The summed E-state index contributed by atoms with van der Waals surface area (Å²) in [7, 11) is -0.994. The maximum Gasteiger partial charge on any atom is 0.343 e. The van der Waals surface area contributed by atoms with Crippen LogP contribution in [-0.4, -0.2) is 29.4 Å². The van der Waals surface area contributed by atoms with Crippen LogP contribution in [0.5, 0.6) is 0 Å². The zero-order chi connectivity index (χ0) is 7.49. The standard InChI is InChI=1S/C4H8F2O2S/c1-8-3-4(5,6)9(2)7/h3H2,1-2H3. The summed E-state index contributed by atoms with van der Waals surface area (Å²) in [5.41, 5.74) is 0. The molecule has 0 aromatic rings. The highest BCUT2D eigenvalue weighted by Crippen LogP contribution is 2.16. The highest BCUT2D eigenvalue weighted by Gasteiger charge is 2.33. The number of ether oxygens (including phenoxy) is 1. The molecule has 0 radical (unpaired) electrons. The zero-order valence-electron chi connectivity index (χ0n) is 5.19. The topological polar surface area (TPSA) is 26.3 Å². The first-order valence-electron chi connectivity index (χ1n) is 2.21. The average Bonchev–Trinajstić information content (AvgIpc) is 1.65. The molecule has 0 rings (SSSR count). The van der Waals surface area contributed by atoms with Crippen molar-refractivity contribution in [1.82, 2.24) is 0 Å². The maximum absolute atomic E-state index is 12.1. The van der Waals surface area contributed by atoms with Gasteiger partial charge in [-0.25, -0.2) is 0 Å². The summed E-state index contributed by atoms with van der Waals surface area (Å²) in [6.07, 6.45) is 0.943.